The number of hydrogen-bond acceptors (Lipinski definition) is 2. The van der Waals surface area contributed by atoms with Gasteiger partial charge in [0, 0.05) is 11.3 Å². The van der Waals surface area contributed by atoms with Gasteiger partial charge in [-0.05, 0) is 36.3 Å². The highest BCUT2D eigenvalue weighted by atomic mass is 32.1. The van der Waals surface area contributed by atoms with Gasteiger partial charge in [0.2, 0.25) is 5.91 Å². The zero-order valence-electron chi connectivity index (χ0n) is 12.1. The normalized spacial score (nSPS) is 12.1. The summed E-state index contributed by atoms with van der Waals surface area (Å²) in [5, 5.41) is 5.04. The first kappa shape index (κ1) is 14.8. The highest BCUT2D eigenvalue weighted by Crippen LogP contribution is 2.24. The van der Waals surface area contributed by atoms with Crippen LogP contribution in [0.15, 0.2) is 41.8 Å². The Balaban J connectivity index is 1.91. The summed E-state index contributed by atoms with van der Waals surface area (Å²) < 4.78 is 0. The molecule has 2 aromatic rings. The van der Waals surface area contributed by atoms with Crippen LogP contribution in [-0.2, 0) is 11.3 Å². The van der Waals surface area contributed by atoms with Crippen LogP contribution < -0.4 is 5.32 Å². The van der Waals surface area contributed by atoms with Crippen LogP contribution in [0.4, 0.5) is 0 Å². The molecule has 1 unspecified atom stereocenters. The van der Waals surface area contributed by atoms with Crippen molar-refractivity contribution in [3.63, 3.8) is 0 Å². The molecule has 1 N–H and O–H groups in total. The van der Waals surface area contributed by atoms with Crippen molar-refractivity contribution in [1.29, 1.82) is 0 Å². The number of carbonyl (C=O) groups excluding carboxylic acids is 1. The average Bonchev–Trinajstić information content (AvgIpc) is 2.96. The Bertz CT molecular complexity index is 548. The van der Waals surface area contributed by atoms with Gasteiger partial charge in [0.05, 0.1) is 6.54 Å². The predicted octanol–water partition coefficient (Wildman–Crippen LogP) is 4.26. The van der Waals surface area contributed by atoms with E-state index < -0.39 is 0 Å². The maximum Gasteiger partial charge on any atom is 0.220 e. The van der Waals surface area contributed by atoms with Crippen molar-refractivity contribution in [2.75, 3.05) is 0 Å². The van der Waals surface area contributed by atoms with Crippen LogP contribution in [0.1, 0.15) is 41.7 Å². The first-order chi connectivity index (χ1) is 9.69. The Morgan fingerprint density at radius 1 is 1.30 bits per heavy atom. The fourth-order valence-corrected chi connectivity index (χ4v) is 2.96. The molecule has 106 valence electrons. The minimum atomic E-state index is 0.131. The van der Waals surface area contributed by atoms with Gasteiger partial charge in [-0.2, -0.15) is 0 Å². The maximum atomic E-state index is 12.1. The zero-order valence-corrected chi connectivity index (χ0v) is 12.9. The fourth-order valence-electron chi connectivity index (χ4n) is 2.32. The number of hydrogen-bond donors (Lipinski definition) is 1. The van der Waals surface area contributed by atoms with Gasteiger partial charge < -0.3 is 5.32 Å². The van der Waals surface area contributed by atoms with Gasteiger partial charge in [0.15, 0.2) is 0 Å². The summed E-state index contributed by atoms with van der Waals surface area (Å²) in [5.74, 6) is 0.435. The smallest absolute Gasteiger partial charge is 0.220 e. The molecule has 0 radical (unpaired) electrons. The van der Waals surface area contributed by atoms with Crippen molar-refractivity contribution in [3.05, 3.63) is 57.8 Å². The molecular formula is C17H21NOS. The van der Waals surface area contributed by atoms with Crippen molar-refractivity contribution in [1.82, 2.24) is 5.32 Å². The fraction of sp³-hybridized carbons (Fsp3) is 0.353. The molecule has 0 aliphatic rings. The van der Waals surface area contributed by atoms with Crippen LogP contribution in [0.3, 0.4) is 0 Å². The second kappa shape index (κ2) is 7.25. The lowest BCUT2D eigenvalue weighted by Crippen LogP contribution is -2.24. The molecule has 20 heavy (non-hydrogen) atoms. The van der Waals surface area contributed by atoms with E-state index in [2.05, 4.69) is 43.4 Å². The molecule has 0 saturated carbocycles. The number of benzene rings is 1. The van der Waals surface area contributed by atoms with Crippen LogP contribution in [-0.4, -0.2) is 5.91 Å². The third-order valence-corrected chi connectivity index (χ3v) is 4.35. The number of thiophene rings is 1. The SMILES string of the molecule is CCC(CC(=O)NCc1cccs1)c1cccc(C)c1. The molecule has 1 amide bonds. The first-order valence-corrected chi connectivity index (χ1v) is 7.92. The first-order valence-electron chi connectivity index (χ1n) is 7.04. The summed E-state index contributed by atoms with van der Waals surface area (Å²) in [7, 11) is 0. The molecule has 3 heteroatoms. The van der Waals surface area contributed by atoms with E-state index in [-0.39, 0.29) is 5.91 Å². The van der Waals surface area contributed by atoms with Crippen LogP contribution in [0.2, 0.25) is 0 Å². The highest BCUT2D eigenvalue weighted by Gasteiger charge is 2.14. The summed E-state index contributed by atoms with van der Waals surface area (Å²) in [6, 6.07) is 12.5. The van der Waals surface area contributed by atoms with E-state index in [9.17, 15) is 4.79 Å². The van der Waals surface area contributed by atoms with E-state index in [4.69, 9.17) is 0 Å². The number of aryl methyl sites for hydroxylation is 1. The van der Waals surface area contributed by atoms with Crippen LogP contribution in [0, 0.1) is 6.92 Å². The van der Waals surface area contributed by atoms with Crippen molar-refractivity contribution >= 4 is 17.2 Å². The molecule has 0 spiro atoms. The lowest BCUT2D eigenvalue weighted by molar-refractivity contribution is -0.121. The van der Waals surface area contributed by atoms with Gasteiger partial charge >= 0.3 is 0 Å². The van der Waals surface area contributed by atoms with Crippen LogP contribution in [0.25, 0.3) is 0 Å². The van der Waals surface area contributed by atoms with Gasteiger partial charge in [-0.15, -0.1) is 11.3 Å². The Kier molecular flexibility index (Phi) is 5.36. The molecule has 0 saturated heterocycles. The molecule has 0 bridgehead atoms. The molecule has 1 heterocycles. The topological polar surface area (TPSA) is 29.1 Å². The number of rotatable bonds is 6. The van der Waals surface area contributed by atoms with E-state index in [0.29, 0.717) is 18.9 Å². The van der Waals surface area contributed by atoms with Gasteiger partial charge in [-0.1, -0.05) is 42.8 Å². The summed E-state index contributed by atoms with van der Waals surface area (Å²) in [5.41, 5.74) is 2.51. The third kappa shape index (κ3) is 4.20. The van der Waals surface area contributed by atoms with Gasteiger partial charge in [-0.25, -0.2) is 0 Å². The van der Waals surface area contributed by atoms with E-state index in [0.717, 1.165) is 6.42 Å². The molecule has 0 fully saturated rings. The minimum absolute atomic E-state index is 0.131. The molecule has 2 nitrogen and oxygen atoms in total. The Morgan fingerprint density at radius 2 is 2.15 bits per heavy atom. The van der Waals surface area contributed by atoms with Gasteiger partial charge in [0.1, 0.15) is 0 Å². The summed E-state index contributed by atoms with van der Waals surface area (Å²) in [6.07, 6.45) is 1.54. The molecule has 0 aliphatic carbocycles. The van der Waals surface area contributed by atoms with E-state index in [1.54, 1.807) is 11.3 Å². The van der Waals surface area contributed by atoms with Crippen molar-refractivity contribution in [2.24, 2.45) is 0 Å². The maximum absolute atomic E-state index is 12.1. The van der Waals surface area contributed by atoms with Gasteiger partial charge in [-0.3, -0.25) is 4.79 Å². The van der Waals surface area contributed by atoms with Crippen molar-refractivity contribution in [3.8, 4) is 0 Å². The van der Waals surface area contributed by atoms with Crippen LogP contribution >= 0.6 is 11.3 Å². The molecule has 2 rings (SSSR count). The predicted molar refractivity (Wildman–Crippen MR) is 85.0 cm³/mol. The Labute approximate surface area is 124 Å². The van der Waals surface area contributed by atoms with Crippen molar-refractivity contribution < 1.29 is 4.79 Å². The summed E-state index contributed by atoms with van der Waals surface area (Å²) in [4.78, 5) is 13.3. The zero-order chi connectivity index (χ0) is 14.4. The lowest BCUT2D eigenvalue weighted by Gasteiger charge is -2.15. The number of amides is 1. The third-order valence-electron chi connectivity index (χ3n) is 3.48. The Morgan fingerprint density at radius 3 is 2.80 bits per heavy atom. The highest BCUT2D eigenvalue weighted by molar-refractivity contribution is 7.09. The average molecular weight is 287 g/mol. The molecule has 0 aliphatic heterocycles. The van der Waals surface area contributed by atoms with E-state index in [1.807, 2.05) is 17.5 Å². The van der Waals surface area contributed by atoms with Crippen molar-refractivity contribution in [2.45, 2.75) is 39.2 Å². The minimum Gasteiger partial charge on any atom is -0.351 e. The second-order valence-electron chi connectivity index (χ2n) is 5.08. The molecule has 1 aromatic heterocycles. The largest absolute Gasteiger partial charge is 0.351 e. The number of nitrogens with one attached hydrogen (secondary N) is 1. The molecular weight excluding hydrogens is 266 g/mol. The second-order valence-corrected chi connectivity index (χ2v) is 6.11. The quantitative estimate of drug-likeness (QED) is 0.845. The standard InChI is InChI=1S/C17H21NOS/c1-3-14(15-7-4-6-13(2)10-15)11-17(19)18-12-16-8-5-9-20-16/h4-10,14H,3,11-12H2,1-2H3,(H,18,19). The summed E-state index contributed by atoms with van der Waals surface area (Å²) in [6.45, 7) is 4.87. The molecule has 1 aromatic carbocycles. The monoisotopic (exact) mass is 287 g/mol. The van der Waals surface area contributed by atoms with Crippen LogP contribution in [0.5, 0.6) is 0 Å². The summed E-state index contributed by atoms with van der Waals surface area (Å²) >= 11 is 1.67. The van der Waals surface area contributed by atoms with E-state index in [1.165, 1.54) is 16.0 Å². The number of carbonyl (C=O) groups is 1. The van der Waals surface area contributed by atoms with E-state index >= 15 is 0 Å². The van der Waals surface area contributed by atoms with Gasteiger partial charge in [0.25, 0.3) is 0 Å². The molecule has 1 atom stereocenters. The Hall–Kier alpha value is -1.61. The lowest BCUT2D eigenvalue weighted by atomic mass is 9.92.